The van der Waals surface area contributed by atoms with E-state index in [0.717, 1.165) is 42.3 Å². The number of anilines is 1. The number of hydrogen-bond acceptors (Lipinski definition) is 5. The van der Waals surface area contributed by atoms with Gasteiger partial charge in [0.15, 0.2) is 0 Å². The van der Waals surface area contributed by atoms with Crippen molar-refractivity contribution in [2.75, 3.05) is 18.1 Å². The molecular formula is C18H20N2O3S. The smallest absolute Gasteiger partial charge is 0.277 e. The summed E-state index contributed by atoms with van der Waals surface area (Å²) in [6, 6.07) is 7.69. The zero-order valence-corrected chi connectivity index (χ0v) is 14.4. The SMILES string of the molecule is CC[C@H]1CN(C(=O)c2csc([C@H]3CCCO3)n2)c2ccccc2O1. The van der Waals surface area contributed by atoms with E-state index in [1.165, 1.54) is 11.3 Å². The highest BCUT2D eigenvalue weighted by molar-refractivity contribution is 7.09. The number of thiazole rings is 1. The van der Waals surface area contributed by atoms with Gasteiger partial charge in [0.05, 0.1) is 12.2 Å². The van der Waals surface area contributed by atoms with E-state index in [9.17, 15) is 4.79 Å². The maximum absolute atomic E-state index is 13.0. The molecule has 6 heteroatoms. The maximum Gasteiger partial charge on any atom is 0.277 e. The Morgan fingerprint density at radius 3 is 3.08 bits per heavy atom. The molecule has 4 rings (SSSR count). The number of ether oxygens (including phenoxy) is 2. The van der Waals surface area contributed by atoms with Crippen LogP contribution in [0.4, 0.5) is 5.69 Å². The maximum atomic E-state index is 13.0. The van der Waals surface area contributed by atoms with Crippen LogP contribution >= 0.6 is 11.3 Å². The average molecular weight is 344 g/mol. The van der Waals surface area contributed by atoms with E-state index in [2.05, 4.69) is 11.9 Å². The lowest BCUT2D eigenvalue weighted by atomic mass is 10.1. The van der Waals surface area contributed by atoms with E-state index < -0.39 is 0 Å². The molecule has 0 spiro atoms. The third kappa shape index (κ3) is 2.80. The molecule has 2 atom stereocenters. The predicted octanol–water partition coefficient (Wildman–Crippen LogP) is 3.81. The molecule has 126 valence electrons. The van der Waals surface area contributed by atoms with Crippen LogP contribution < -0.4 is 9.64 Å². The van der Waals surface area contributed by atoms with Crippen LogP contribution in [0.1, 0.15) is 47.8 Å². The number of benzene rings is 1. The molecule has 1 aromatic heterocycles. The van der Waals surface area contributed by atoms with Crippen LogP contribution in [0.3, 0.4) is 0 Å². The van der Waals surface area contributed by atoms with Gasteiger partial charge in [0.2, 0.25) is 0 Å². The lowest BCUT2D eigenvalue weighted by molar-refractivity contribution is 0.0947. The first-order valence-electron chi connectivity index (χ1n) is 8.41. The normalized spacial score (nSPS) is 23.0. The minimum Gasteiger partial charge on any atom is -0.486 e. The molecule has 0 aliphatic carbocycles. The zero-order chi connectivity index (χ0) is 16.5. The first-order valence-corrected chi connectivity index (χ1v) is 9.29. The van der Waals surface area contributed by atoms with Gasteiger partial charge in [-0.2, -0.15) is 0 Å². The van der Waals surface area contributed by atoms with Crippen LogP contribution in [0.25, 0.3) is 0 Å². The molecule has 1 saturated heterocycles. The molecule has 1 fully saturated rings. The molecule has 3 heterocycles. The summed E-state index contributed by atoms with van der Waals surface area (Å²) >= 11 is 1.51. The van der Waals surface area contributed by atoms with Crippen molar-refractivity contribution in [2.24, 2.45) is 0 Å². The molecular weight excluding hydrogens is 324 g/mol. The third-order valence-electron chi connectivity index (χ3n) is 4.48. The highest BCUT2D eigenvalue weighted by atomic mass is 32.1. The topological polar surface area (TPSA) is 51.7 Å². The summed E-state index contributed by atoms with van der Waals surface area (Å²) < 4.78 is 11.6. The van der Waals surface area contributed by atoms with Gasteiger partial charge in [0.1, 0.15) is 28.7 Å². The Hall–Kier alpha value is -1.92. The lowest BCUT2D eigenvalue weighted by Crippen LogP contribution is -2.43. The highest BCUT2D eigenvalue weighted by Gasteiger charge is 2.31. The number of carbonyl (C=O) groups is 1. The van der Waals surface area contributed by atoms with Crippen LogP contribution in [0.2, 0.25) is 0 Å². The summed E-state index contributed by atoms with van der Waals surface area (Å²) in [5.41, 5.74) is 1.32. The second kappa shape index (κ2) is 6.53. The van der Waals surface area contributed by atoms with E-state index in [1.807, 2.05) is 29.6 Å². The van der Waals surface area contributed by atoms with Gasteiger partial charge in [-0.05, 0) is 31.4 Å². The fourth-order valence-corrected chi connectivity index (χ4v) is 4.02. The Morgan fingerprint density at radius 1 is 1.42 bits per heavy atom. The van der Waals surface area contributed by atoms with Gasteiger partial charge < -0.3 is 9.47 Å². The molecule has 0 radical (unpaired) electrons. The number of nitrogens with zero attached hydrogens (tertiary/aromatic N) is 2. The standard InChI is InChI=1S/C18H20N2O3S/c1-2-12-10-20(14-6-3-4-7-15(14)23-12)18(21)13-11-24-17(19-13)16-8-5-9-22-16/h3-4,6-7,11-12,16H,2,5,8-10H2,1H3/t12-,16+/m0/s1. The Morgan fingerprint density at radius 2 is 2.29 bits per heavy atom. The second-order valence-corrected chi connectivity index (χ2v) is 6.99. The van der Waals surface area contributed by atoms with Gasteiger partial charge in [-0.25, -0.2) is 4.98 Å². The molecule has 2 aliphatic heterocycles. The van der Waals surface area contributed by atoms with Gasteiger partial charge in [-0.15, -0.1) is 11.3 Å². The van der Waals surface area contributed by atoms with Crippen LogP contribution in [-0.2, 0) is 4.74 Å². The van der Waals surface area contributed by atoms with Crippen molar-refractivity contribution in [3.8, 4) is 5.75 Å². The number of fused-ring (bicyclic) bond motifs is 1. The van der Waals surface area contributed by atoms with Crippen molar-refractivity contribution in [3.63, 3.8) is 0 Å². The monoisotopic (exact) mass is 344 g/mol. The zero-order valence-electron chi connectivity index (χ0n) is 13.6. The average Bonchev–Trinajstić information content (AvgIpc) is 3.31. The van der Waals surface area contributed by atoms with Crippen LogP contribution in [0.15, 0.2) is 29.6 Å². The number of rotatable bonds is 3. The molecule has 2 aromatic rings. The fourth-order valence-electron chi connectivity index (χ4n) is 3.15. The van der Waals surface area contributed by atoms with Gasteiger partial charge >= 0.3 is 0 Å². The number of hydrogen-bond donors (Lipinski definition) is 0. The van der Waals surface area contributed by atoms with Crippen molar-refractivity contribution < 1.29 is 14.3 Å². The van der Waals surface area contributed by atoms with Crippen molar-refractivity contribution in [2.45, 2.75) is 38.4 Å². The van der Waals surface area contributed by atoms with Crippen LogP contribution in [0.5, 0.6) is 5.75 Å². The van der Waals surface area contributed by atoms with E-state index >= 15 is 0 Å². The minimum atomic E-state index is -0.0651. The van der Waals surface area contributed by atoms with Crippen LogP contribution in [-0.4, -0.2) is 30.1 Å². The molecule has 0 bridgehead atoms. The van der Waals surface area contributed by atoms with Crippen molar-refractivity contribution >= 4 is 22.9 Å². The largest absolute Gasteiger partial charge is 0.486 e. The summed E-state index contributed by atoms with van der Waals surface area (Å²) in [7, 11) is 0. The van der Waals surface area contributed by atoms with Gasteiger partial charge in [0, 0.05) is 12.0 Å². The number of carbonyl (C=O) groups excluding carboxylic acids is 1. The number of para-hydroxylation sites is 2. The van der Waals surface area contributed by atoms with Crippen molar-refractivity contribution in [1.82, 2.24) is 4.98 Å². The summed E-state index contributed by atoms with van der Waals surface area (Å²) in [5.74, 6) is 0.697. The van der Waals surface area contributed by atoms with Gasteiger partial charge in [-0.1, -0.05) is 19.1 Å². The Balaban J connectivity index is 1.61. The quantitative estimate of drug-likeness (QED) is 0.849. The molecule has 1 aromatic carbocycles. The summed E-state index contributed by atoms with van der Waals surface area (Å²) in [4.78, 5) is 19.4. The molecule has 1 amide bonds. The first kappa shape index (κ1) is 15.6. The lowest BCUT2D eigenvalue weighted by Gasteiger charge is -2.34. The van der Waals surface area contributed by atoms with Gasteiger partial charge in [-0.3, -0.25) is 9.69 Å². The Labute approximate surface area is 145 Å². The van der Waals surface area contributed by atoms with E-state index in [4.69, 9.17) is 9.47 Å². The molecule has 24 heavy (non-hydrogen) atoms. The summed E-state index contributed by atoms with van der Waals surface area (Å²) in [6.45, 7) is 3.40. The summed E-state index contributed by atoms with van der Waals surface area (Å²) in [5, 5.41) is 2.75. The highest BCUT2D eigenvalue weighted by Crippen LogP contribution is 2.35. The molecule has 0 saturated carbocycles. The van der Waals surface area contributed by atoms with E-state index in [0.29, 0.717) is 12.2 Å². The molecule has 0 unspecified atom stereocenters. The molecule has 5 nitrogen and oxygen atoms in total. The predicted molar refractivity (Wildman–Crippen MR) is 92.9 cm³/mol. The second-order valence-electron chi connectivity index (χ2n) is 6.10. The molecule has 0 N–H and O–H groups in total. The van der Waals surface area contributed by atoms with Crippen molar-refractivity contribution in [1.29, 1.82) is 0 Å². The Kier molecular flexibility index (Phi) is 4.24. The Bertz CT molecular complexity index is 739. The van der Waals surface area contributed by atoms with Gasteiger partial charge in [0.25, 0.3) is 5.91 Å². The van der Waals surface area contributed by atoms with E-state index in [1.54, 1.807) is 4.90 Å². The fraction of sp³-hybridized carbons (Fsp3) is 0.444. The number of amides is 1. The summed E-state index contributed by atoms with van der Waals surface area (Å²) in [6.07, 6.45) is 2.97. The van der Waals surface area contributed by atoms with E-state index in [-0.39, 0.29) is 18.1 Å². The third-order valence-corrected chi connectivity index (χ3v) is 5.42. The number of aromatic nitrogens is 1. The first-order chi connectivity index (χ1) is 11.8. The minimum absolute atomic E-state index is 0.0140. The molecule has 2 aliphatic rings. The van der Waals surface area contributed by atoms with Crippen LogP contribution in [0, 0.1) is 0 Å². The van der Waals surface area contributed by atoms with Crippen molar-refractivity contribution in [3.05, 3.63) is 40.3 Å².